The summed E-state index contributed by atoms with van der Waals surface area (Å²) in [5.74, 6) is 0.200. The molecule has 0 aliphatic carbocycles. The first-order chi connectivity index (χ1) is 21.3. The number of hydrogen-bond acceptors (Lipinski definition) is 6. The molecule has 0 saturated heterocycles. The summed E-state index contributed by atoms with van der Waals surface area (Å²) >= 11 is 9.20. The van der Waals surface area contributed by atoms with Crippen molar-refractivity contribution in [2.75, 3.05) is 13.2 Å². The minimum Gasteiger partial charge on any atom is -0.490 e. The van der Waals surface area contributed by atoms with Gasteiger partial charge in [0.25, 0.3) is 5.91 Å². The number of amides is 1. The van der Waals surface area contributed by atoms with Crippen LogP contribution in [0, 0.1) is 3.57 Å². The first-order valence-corrected chi connectivity index (χ1v) is 16.3. The highest BCUT2D eigenvalue weighted by Gasteiger charge is 2.21. The summed E-state index contributed by atoms with van der Waals surface area (Å²) in [6.07, 6.45) is 1.43. The predicted octanol–water partition coefficient (Wildman–Crippen LogP) is 8.75. The highest BCUT2D eigenvalue weighted by molar-refractivity contribution is 14.1. The van der Waals surface area contributed by atoms with Crippen molar-refractivity contribution in [1.82, 2.24) is 10.4 Å². The smallest absolute Gasteiger partial charge is 0.343 e. The Morgan fingerprint density at radius 1 is 0.932 bits per heavy atom. The number of aromatic amines is 1. The number of esters is 1. The normalized spacial score (nSPS) is 11.1. The van der Waals surface area contributed by atoms with Gasteiger partial charge in [0.05, 0.1) is 35.0 Å². The van der Waals surface area contributed by atoms with Crippen molar-refractivity contribution >= 4 is 83.4 Å². The maximum atomic E-state index is 13.5. The average molecular weight is 831 g/mol. The number of nitrogens with one attached hydrogen (secondary N) is 2. The van der Waals surface area contributed by atoms with Crippen LogP contribution in [0.1, 0.15) is 40.3 Å². The number of nitrogens with zero attached hydrogens (tertiary/aromatic N) is 1. The van der Waals surface area contributed by atoms with Crippen LogP contribution in [0.3, 0.4) is 0 Å². The molecule has 0 aliphatic heterocycles. The molecule has 0 bridgehead atoms. The van der Waals surface area contributed by atoms with Crippen LogP contribution in [0.15, 0.2) is 92.9 Å². The van der Waals surface area contributed by atoms with Gasteiger partial charge in [-0.2, -0.15) is 5.10 Å². The van der Waals surface area contributed by atoms with Crippen LogP contribution >= 0.6 is 54.5 Å². The Balaban J connectivity index is 1.42. The van der Waals surface area contributed by atoms with Gasteiger partial charge >= 0.3 is 5.97 Å². The van der Waals surface area contributed by atoms with Crippen LogP contribution < -0.4 is 19.6 Å². The van der Waals surface area contributed by atoms with E-state index in [0.29, 0.717) is 44.9 Å². The molecule has 0 radical (unpaired) electrons. The first-order valence-electron chi connectivity index (χ1n) is 13.6. The fraction of sp³-hybridized carbons (Fsp3) is 0.121. The zero-order valence-electron chi connectivity index (χ0n) is 23.6. The molecule has 8 nitrogen and oxygen atoms in total. The Morgan fingerprint density at radius 2 is 1.68 bits per heavy atom. The molecule has 0 saturated carbocycles. The first kappa shape index (κ1) is 31.7. The quantitative estimate of drug-likeness (QED) is 0.0482. The summed E-state index contributed by atoms with van der Waals surface area (Å²) in [7, 11) is 0. The van der Waals surface area contributed by atoms with Gasteiger partial charge < -0.3 is 19.2 Å². The summed E-state index contributed by atoms with van der Waals surface area (Å²) < 4.78 is 19.3. The maximum Gasteiger partial charge on any atom is 0.343 e. The number of para-hydroxylation sites is 1. The number of halogens is 3. The number of rotatable bonds is 10. The van der Waals surface area contributed by atoms with Crippen LogP contribution in [-0.4, -0.2) is 36.3 Å². The van der Waals surface area contributed by atoms with Crippen LogP contribution in [-0.2, 0) is 0 Å². The van der Waals surface area contributed by atoms with Crippen LogP contribution in [0.4, 0.5) is 0 Å². The van der Waals surface area contributed by atoms with Crippen molar-refractivity contribution in [1.29, 1.82) is 0 Å². The number of hydrogen-bond donors (Lipinski definition) is 2. The van der Waals surface area contributed by atoms with E-state index in [1.807, 2.05) is 62.4 Å². The third-order valence-electron chi connectivity index (χ3n) is 6.45. The van der Waals surface area contributed by atoms with Gasteiger partial charge in [0.15, 0.2) is 17.2 Å². The summed E-state index contributed by atoms with van der Waals surface area (Å²) in [5, 5.41) is 5.16. The Morgan fingerprint density at radius 3 is 2.43 bits per heavy atom. The summed E-state index contributed by atoms with van der Waals surface area (Å²) in [5.41, 5.74) is 6.30. The molecule has 0 unspecified atom stereocenters. The van der Waals surface area contributed by atoms with Gasteiger partial charge in [-0.05, 0) is 94.3 Å². The molecular formula is C33H26Br2IN3O5. The van der Waals surface area contributed by atoms with Gasteiger partial charge in [0.2, 0.25) is 0 Å². The zero-order chi connectivity index (χ0) is 31.2. The predicted molar refractivity (Wildman–Crippen MR) is 187 cm³/mol. The number of ether oxygens (including phenoxy) is 3. The Kier molecular flexibility index (Phi) is 10.4. The van der Waals surface area contributed by atoms with Gasteiger partial charge in [-0.1, -0.05) is 58.4 Å². The lowest BCUT2D eigenvalue weighted by Gasteiger charge is -2.13. The molecule has 0 atom stereocenters. The molecule has 4 aromatic carbocycles. The van der Waals surface area contributed by atoms with Gasteiger partial charge in [-0.15, -0.1) is 0 Å². The topological polar surface area (TPSA) is 102 Å². The molecular weight excluding hydrogens is 805 g/mol. The lowest BCUT2D eigenvalue weighted by Crippen LogP contribution is -2.19. The third-order valence-corrected chi connectivity index (χ3v) is 8.40. The van der Waals surface area contributed by atoms with Gasteiger partial charge in [-0.3, -0.25) is 4.79 Å². The number of aromatic nitrogens is 1. The Hall–Kier alpha value is -3.68. The molecule has 0 spiro atoms. The second kappa shape index (κ2) is 14.4. The molecule has 5 aromatic rings. The number of H-pyrrole nitrogens is 1. The molecule has 224 valence electrons. The minimum atomic E-state index is -0.601. The molecule has 1 aromatic heterocycles. The van der Waals surface area contributed by atoms with E-state index >= 15 is 0 Å². The molecule has 44 heavy (non-hydrogen) atoms. The van der Waals surface area contributed by atoms with Crippen LogP contribution in [0.5, 0.6) is 17.2 Å². The fourth-order valence-electron chi connectivity index (χ4n) is 4.59. The third kappa shape index (κ3) is 7.00. The summed E-state index contributed by atoms with van der Waals surface area (Å²) in [4.78, 5) is 30.0. The Bertz CT molecular complexity index is 1880. The molecule has 1 amide bonds. The molecule has 0 fully saturated rings. The largest absolute Gasteiger partial charge is 0.490 e. The van der Waals surface area contributed by atoms with Crippen molar-refractivity contribution in [3.8, 4) is 28.4 Å². The molecule has 1 heterocycles. The maximum absolute atomic E-state index is 13.5. The van der Waals surface area contributed by atoms with Gasteiger partial charge in [-0.25, -0.2) is 10.2 Å². The van der Waals surface area contributed by atoms with Crippen molar-refractivity contribution in [2.24, 2.45) is 5.10 Å². The van der Waals surface area contributed by atoms with E-state index in [0.717, 1.165) is 25.6 Å². The number of carbonyl (C=O) groups is 2. The van der Waals surface area contributed by atoms with Crippen molar-refractivity contribution in [3.05, 3.63) is 108 Å². The lowest BCUT2D eigenvalue weighted by atomic mass is 10.0. The van der Waals surface area contributed by atoms with E-state index in [9.17, 15) is 9.59 Å². The number of carbonyl (C=O) groups excluding carboxylic acids is 2. The Labute approximate surface area is 284 Å². The lowest BCUT2D eigenvalue weighted by molar-refractivity contribution is 0.0732. The SMILES string of the molecule is CCOc1ccc(C(=O)Oc2c(Br)cc(Br)cc2C=NNC(=O)c2[nH]c3c(I)cccc3c2-c2ccccc2)cc1OCC. The second-order valence-electron chi connectivity index (χ2n) is 9.33. The van der Waals surface area contributed by atoms with Crippen LogP contribution in [0.2, 0.25) is 0 Å². The van der Waals surface area contributed by atoms with E-state index in [4.69, 9.17) is 14.2 Å². The molecule has 2 N–H and O–H groups in total. The average Bonchev–Trinajstić information content (AvgIpc) is 3.41. The van der Waals surface area contributed by atoms with E-state index in [-0.39, 0.29) is 11.3 Å². The van der Waals surface area contributed by atoms with E-state index in [1.54, 1.807) is 30.3 Å². The fourth-order valence-corrected chi connectivity index (χ4v) is 6.56. The highest BCUT2D eigenvalue weighted by Crippen LogP contribution is 2.36. The van der Waals surface area contributed by atoms with Crippen LogP contribution in [0.25, 0.3) is 22.0 Å². The number of benzene rings is 4. The van der Waals surface area contributed by atoms with Crippen molar-refractivity contribution < 1.29 is 23.8 Å². The summed E-state index contributed by atoms with van der Waals surface area (Å²) in [6, 6.07) is 24.0. The molecule has 11 heteroatoms. The van der Waals surface area contributed by atoms with E-state index < -0.39 is 11.9 Å². The van der Waals surface area contributed by atoms with E-state index in [1.165, 1.54) is 6.21 Å². The summed E-state index contributed by atoms with van der Waals surface area (Å²) in [6.45, 7) is 4.60. The van der Waals surface area contributed by atoms with Gasteiger partial charge in [0.1, 0.15) is 5.69 Å². The standard InChI is InChI=1S/C33H26Br2IN3O5/c1-3-42-26-14-13-20(16-27(26)43-4-2)33(41)44-31-21(15-22(34)17-24(31)35)18-37-39-32(40)30-28(19-9-6-5-7-10-19)23-11-8-12-25(36)29(23)38-30/h5-18,38H,3-4H2,1-2H3,(H,39,40). The van der Waals surface area contributed by atoms with Crippen molar-refractivity contribution in [3.63, 3.8) is 0 Å². The molecule has 0 aliphatic rings. The number of hydrazone groups is 1. The molecule has 5 rings (SSSR count). The zero-order valence-corrected chi connectivity index (χ0v) is 28.9. The number of fused-ring (bicyclic) bond motifs is 1. The minimum absolute atomic E-state index is 0.230. The second-order valence-corrected chi connectivity index (χ2v) is 12.3. The van der Waals surface area contributed by atoms with Gasteiger partial charge in [0, 0.05) is 24.6 Å². The van der Waals surface area contributed by atoms with Crippen molar-refractivity contribution in [2.45, 2.75) is 13.8 Å². The monoisotopic (exact) mass is 829 g/mol. The van der Waals surface area contributed by atoms with E-state index in [2.05, 4.69) is 70.0 Å². The highest BCUT2D eigenvalue weighted by atomic mass is 127.